The molecule has 10 aromatic carbocycles. The number of anilines is 5. The van der Waals surface area contributed by atoms with E-state index in [0.717, 1.165) is 54.1 Å². The molecule has 2 aliphatic carbocycles. The topological polar surface area (TPSA) is 6.48 Å². The molecule has 4 heteroatoms. The molecule has 332 valence electrons. The van der Waals surface area contributed by atoms with Crippen LogP contribution in [0.2, 0.25) is 0 Å². The highest BCUT2D eigenvalue weighted by molar-refractivity contribution is 7.25. The molecular weight excluding hydrogens is 885 g/mol. The molecule has 2 aromatic heterocycles. The van der Waals surface area contributed by atoms with E-state index in [1.165, 1.54) is 101 Å². The van der Waals surface area contributed by atoms with Gasteiger partial charge in [-0.3, -0.25) is 0 Å². The number of allylic oxidation sites excluding steroid dienone is 4. The fourth-order valence-electron chi connectivity index (χ4n) is 11.3. The van der Waals surface area contributed by atoms with E-state index >= 15 is 0 Å². The zero-order valence-electron chi connectivity index (χ0n) is 38.5. The zero-order valence-corrected chi connectivity index (χ0v) is 40.1. The largest absolute Gasteiger partial charge is 0.311 e. The van der Waals surface area contributed by atoms with Crippen LogP contribution in [0.1, 0.15) is 35.3 Å². The van der Waals surface area contributed by atoms with Crippen LogP contribution < -0.4 is 9.80 Å². The summed E-state index contributed by atoms with van der Waals surface area (Å²) in [6, 6.07) is 76.9. The molecule has 0 atom stereocenters. The summed E-state index contributed by atoms with van der Waals surface area (Å²) in [5, 5.41) is 11.4. The zero-order chi connectivity index (χ0) is 46.1. The van der Waals surface area contributed by atoms with E-state index in [0.29, 0.717) is 0 Å². The molecule has 0 amide bonds. The van der Waals surface area contributed by atoms with Crippen molar-refractivity contribution >= 4 is 125 Å². The van der Waals surface area contributed by atoms with Crippen LogP contribution in [-0.4, -0.2) is 0 Å². The van der Waals surface area contributed by atoms with E-state index < -0.39 is 0 Å². The van der Waals surface area contributed by atoms with Crippen LogP contribution >= 0.6 is 22.7 Å². The number of rotatable bonds is 8. The van der Waals surface area contributed by atoms with Crippen molar-refractivity contribution in [2.75, 3.05) is 9.80 Å². The molecule has 14 rings (SSSR count). The lowest BCUT2D eigenvalue weighted by atomic mass is 9.82. The summed E-state index contributed by atoms with van der Waals surface area (Å²) >= 11 is 3.84. The molecule has 0 radical (unpaired) electrons. The van der Waals surface area contributed by atoms with Crippen LogP contribution in [0.25, 0.3) is 85.4 Å². The minimum Gasteiger partial charge on any atom is -0.311 e. The molecule has 0 spiro atoms. The second-order valence-corrected chi connectivity index (χ2v) is 20.8. The Bertz CT molecular complexity index is 4130. The third-order valence-corrected chi connectivity index (χ3v) is 16.9. The Morgan fingerprint density at radius 1 is 0.371 bits per heavy atom. The maximum Gasteiger partial charge on any atom is 0.0468 e. The Kier molecular flexibility index (Phi) is 9.89. The van der Waals surface area contributed by atoms with Crippen LogP contribution in [0, 0.1) is 0 Å². The molecule has 0 saturated heterocycles. The first kappa shape index (κ1) is 41.0. The summed E-state index contributed by atoms with van der Waals surface area (Å²) in [6.45, 7) is 0. The molecule has 0 unspecified atom stereocenters. The summed E-state index contributed by atoms with van der Waals surface area (Å²) in [4.78, 5) is 6.37. The van der Waals surface area contributed by atoms with E-state index in [2.05, 4.69) is 240 Å². The standard InChI is InChI=1S/C66H46N2S2/c1-4-18-47(19-5-1)67(48-20-6-2-7-21-48)51-32-34-55-59(41-51)65(45-29-36-63-57(39-45)53-24-12-14-26-61(53)69-63)56-35-33-52(68(49-22-8-3-9-23-49)50-31-28-43-16-10-11-17-44(43)38-50)42-60(56)66(55)46-30-37-64-58(40-46)54-25-13-15-27-62(54)70-64/h1,3-6,8-28,30-35,37-42H,2,7,29,36H2. The maximum absolute atomic E-state index is 2.54. The predicted octanol–water partition coefficient (Wildman–Crippen LogP) is 19.7. The number of hydrogen-bond acceptors (Lipinski definition) is 4. The minimum absolute atomic E-state index is 0.964. The molecule has 70 heavy (non-hydrogen) atoms. The normalized spacial score (nSPS) is 13.6. The third kappa shape index (κ3) is 6.89. The Hall–Kier alpha value is -8.02. The Morgan fingerprint density at radius 2 is 0.986 bits per heavy atom. The molecule has 2 heterocycles. The van der Waals surface area contributed by atoms with E-state index in [1.807, 2.05) is 22.7 Å². The summed E-state index contributed by atoms with van der Waals surface area (Å²) in [6.07, 6.45) is 13.6. The monoisotopic (exact) mass is 930 g/mol. The van der Waals surface area contributed by atoms with Crippen LogP contribution in [-0.2, 0) is 6.42 Å². The first-order chi connectivity index (χ1) is 34.7. The molecule has 0 N–H and O–H groups in total. The third-order valence-electron chi connectivity index (χ3n) is 14.5. The lowest BCUT2D eigenvalue weighted by Gasteiger charge is -2.29. The highest BCUT2D eigenvalue weighted by Gasteiger charge is 2.26. The van der Waals surface area contributed by atoms with Gasteiger partial charge in [0.2, 0.25) is 0 Å². The molecule has 0 fully saturated rings. The van der Waals surface area contributed by atoms with Crippen molar-refractivity contribution < 1.29 is 0 Å². The van der Waals surface area contributed by atoms with Gasteiger partial charge in [-0.25, -0.2) is 0 Å². The predicted molar refractivity (Wildman–Crippen MR) is 305 cm³/mol. The van der Waals surface area contributed by atoms with Gasteiger partial charge < -0.3 is 9.80 Å². The fraction of sp³-hybridized carbons (Fsp3) is 0.0606. The number of fused-ring (bicyclic) bond motifs is 9. The summed E-state index contributed by atoms with van der Waals surface area (Å²) in [7, 11) is 0. The van der Waals surface area contributed by atoms with Gasteiger partial charge in [0.15, 0.2) is 0 Å². The number of hydrogen-bond donors (Lipinski definition) is 0. The molecule has 12 aromatic rings. The van der Waals surface area contributed by atoms with E-state index in [4.69, 9.17) is 0 Å². The highest BCUT2D eigenvalue weighted by Crippen LogP contribution is 2.50. The van der Waals surface area contributed by atoms with Crippen LogP contribution in [0.3, 0.4) is 0 Å². The average molecular weight is 931 g/mol. The lowest BCUT2D eigenvalue weighted by molar-refractivity contribution is 0.997. The average Bonchev–Trinajstić information content (AvgIpc) is 3.99. The first-order valence-electron chi connectivity index (χ1n) is 24.4. The lowest BCUT2D eigenvalue weighted by Crippen LogP contribution is -2.16. The molecular formula is C66H46N2S2. The fourth-order valence-corrected chi connectivity index (χ4v) is 13.6. The van der Waals surface area contributed by atoms with Crippen molar-refractivity contribution in [2.45, 2.75) is 25.7 Å². The van der Waals surface area contributed by atoms with Crippen molar-refractivity contribution in [3.8, 4) is 11.1 Å². The van der Waals surface area contributed by atoms with Crippen molar-refractivity contribution in [2.24, 2.45) is 0 Å². The molecule has 0 aliphatic heterocycles. The van der Waals surface area contributed by atoms with Gasteiger partial charge in [-0.2, -0.15) is 0 Å². The maximum atomic E-state index is 2.54. The number of para-hydroxylation sites is 2. The van der Waals surface area contributed by atoms with Gasteiger partial charge in [0.1, 0.15) is 0 Å². The van der Waals surface area contributed by atoms with Gasteiger partial charge in [-0.05, 0) is 188 Å². The quantitative estimate of drug-likeness (QED) is 0.140. The highest BCUT2D eigenvalue weighted by atomic mass is 32.1. The Labute approximate surface area is 415 Å². The number of benzene rings is 10. The molecule has 0 bridgehead atoms. The second kappa shape index (κ2) is 16.9. The second-order valence-electron chi connectivity index (χ2n) is 18.6. The summed E-state index contributed by atoms with van der Waals surface area (Å²) in [5.41, 5.74) is 13.5. The van der Waals surface area contributed by atoms with Gasteiger partial charge in [0.05, 0.1) is 0 Å². The van der Waals surface area contributed by atoms with E-state index in [9.17, 15) is 0 Å². The number of nitrogens with zero attached hydrogens (tertiary/aromatic N) is 2. The van der Waals surface area contributed by atoms with E-state index in [1.54, 1.807) is 0 Å². The molecule has 0 saturated carbocycles. The SMILES string of the molecule is C1=CC(N(c2ccccc2)c2ccc3c(-c4ccc5sc6ccccc6c5c4)c4cc(N(c5ccccc5)c5ccc6ccccc6c5)ccc4c(C4=Cc5c(sc6ccccc56)CC4)c3c2)=CCC1. The van der Waals surface area contributed by atoms with Crippen molar-refractivity contribution in [1.29, 1.82) is 0 Å². The first-order valence-corrected chi connectivity index (χ1v) is 26.1. The smallest absolute Gasteiger partial charge is 0.0468 e. The number of thiophene rings is 2. The minimum atomic E-state index is 0.964. The number of aryl methyl sites for hydroxylation is 1. The Balaban J connectivity index is 1.10. The van der Waals surface area contributed by atoms with Gasteiger partial charge in [0, 0.05) is 63.9 Å². The van der Waals surface area contributed by atoms with Crippen molar-refractivity contribution in [3.05, 3.63) is 246 Å². The molecule has 2 nitrogen and oxygen atoms in total. The van der Waals surface area contributed by atoms with Crippen molar-refractivity contribution in [1.82, 2.24) is 0 Å². The van der Waals surface area contributed by atoms with Crippen LogP contribution in [0.15, 0.2) is 230 Å². The van der Waals surface area contributed by atoms with Gasteiger partial charge in [-0.1, -0.05) is 133 Å². The van der Waals surface area contributed by atoms with Crippen LogP contribution in [0.4, 0.5) is 28.4 Å². The van der Waals surface area contributed by atoms with Crippen LogP contribution in [0.5, 0.6) is 0 Å². The van der Waals surface area contributed by atoms with Gasteiger partial charge >= 0.3 is 0 Å². The Morgan fingerprint density at radius 3 is 1.76 bits per heavy atom. The summed E-state index contributed by atoms with van der Waals surface area (Å²) < 4.78 is 3.99. The van der Waals surface area contributed by atoms with Gasteiger partial charge in [0.25, 0.3) is 0 Å². The van der Waals surface area contributed by atoms with Gasteiger partial charge in [-0.15, -0.1) is 22.7 Å². The molecule has 2 aliphatic rings. The van der Waals surface area contributed by atoms with E-state index in [-0.39, 0.29) is 0 Å². The summed E-state index contributed by atoms with van der Waals surface area (Å²) in [5.74, 6) is 0. The van der Waals surface area contributed by atoms with Crippen molar-refractivity contribution in [3.63, 3.8) is 0 Å².